The maximum Gasteiger partial charge on any atom is 0.0390 e. The van der Waals surface area contributed by atoms with Gasteiger partial charge in [0.1, 0.15) is 0 Å². The lowest BCUT2D eigenvalue weighted by Crippen LogP contribution is -2.04. The number of rotatable bonds is 6. The second-order valence-electron chi connectivity index (χ2n) is 17.5. The summed E-state index contributed by atoms with van der Waals surface area (Å²) in [7, 11) is 0.0737. The van der Waals surface area contributed by atoms with Crippen LogP contribution in [0.2, 0.25) is 0 Å². The molecule has 0 N–H and O–H groups in total. The van der Waals surface area contributed by atoms with Crippen molar-refractivity contribution in [1.82, 2.24) is 0 Å². The Balaban J connectivity index is 0.000000473. The Morgan fingerprint density at radius 1 is 0.418 bits per heavy atom. The smallest absolute Gasteiger partial charge is 0.0390 e. The molecule has 0 saturated carbocycles. The molecule has 3 heterocycles. The van der Waals surface area contributed by atoms with Gasteiger partial charge in [0, 0.05) is 35.5 Å². The third-order valence-electron chi connectivity index (χ3n) is 12.7. The average Bonchev–Trinajstić information content (AvgIpc) is 3.76. The van der Waals surface area contributed by atoms with Gasteiger partial charge in [0.2, 0.25) is 0 Å². The van der Waals surface area contributed by atoms with Gasteiger partial charge in [-0.15, -0.1) is 21.8 Å². The number of thiophene rings is 1. The van der Waals surface area contributed by atoms with E-state index < -0.39 is 0 Å². The summed E-state index contributed by atoms with van der Waals surface area (Å²) in [6.45, 7) is 10.9. The summed E-state index contributed by atoms with van der Waals surface area (Å²) < 4.78 is 2.71. The van der Waals surface area contributed by atoms with E-state index in [0.717, 1.165) is 0 Å². The Morgan fingerprint density at radius 2 is 0.940 bits per heavy atom. The van der Waals surface area contributed by atoms with E-state index in [1.165, 1.54) is 125 Å². The van der Waals surface area contributed by atoms with Crippen molar-refractivity contribution in [2.24, 2.45) is 0 Å². The summed E-state index contributed by atoms with van der Waals surface area (Å²) >= 11 is 1.92. The Kier molecular flexibility index (Phi) is 12.7. The summed E-state index contributed by atoms with van der Waals surface area (Å²) in [6, 6.07) is 75.2. The monoisotopic (exact) mass is 898 g/mol. The average molecular weight is 899 g/mol. The van der Waals surface area contributed by atoms with Crippen molar-refractivity contribution < 1.29 is 0 Å². The molecule has 326 valence electrons. The van der Waals surface area contributed by atoms with Crippen LogP contribution in [-0.2, 0) is 0 Å². The molecule has 1 aromatic heterocycles. The number of hydrogen-bond acceptors (Lipinski definition) is 1. The zero-order chi connectivity index (χ0) is 45.9. The first-order valence-corrected chi connectivity index (χ1v) is 25.5. The van der Waals surface area contributed by atoms with Gasteiger partial charge in [-0.2, -0.15) is 0 Å². The zero-order valence-electron chi connectivity index (χ0n) is 38.9. The molecule has 2 aliphatic rings. The second kappa shape index (κ2) is 19.4. The van der Waals surface area contributed by atoms with E-state index in [-0.39, 0.29) is 10.5 Å². The van der Waals surface area contributed by atoms with Crippen molar-refractivity contribution in [3.05, 3.63) is 246 Å². The van der Waals surface area contributed by atoms with Gasteiger partial charge in [0.05, 0.1) is 0 Å². The van der Waals surface area contributed by atoms with Crippen molar-refractivity contribution in [2.45, 2.75) is 45.9 Å². The van der Waals surface area contributed by atoms with Gasteiger partial charge >= 0.3 is 0 Å². The number of hydrogen-bond donors (Lipinski definition) is 0. The van der Waals surface area contributed by atoms with Crippen LogP contribution in [0.5, 0.6) is 0 Å². The van der Waals surface area contributed by atoms with Crippen LogP contribution in [0.15, 0.2) is 223 Å². The van der Waals surface area contributed by atoms with Gasteiger partial charge in [-0.05, 0) is 159 Å². The van der Waals surface area contributed by atoms with Gasteiger partial charge in [-0.3, -0.25) is 0 Å². The lowest BCUT2D eigenvalue weighted by molar-refractivity contribution is 1.09. The number of fused-ring (bicyclic) bond motifs is 7. The predicted molar refractivity (Wildman–Crippen MR) is 297 cm³/mol. The Morgan fingerprint density at radius 3 is 1.55 bits per heavy atom. The summed E-state index contributed by atoms with van der Waals surface area (Å²) in [5.74, 6) is 0. The molecule has 0 amide bonds. The molecule has 1 unspecified atom stereocenters. The Hall–Kier alpha value is -7.10. The van der Waals surface area contributed by atoms with E-state index in [1.54, 1.807) is 0 Å². The molecule has 0 bridgehead atoms. The van der Waals surface area contributed by atoms with Crippen LogP contribution >= 0.6 is 21.8 Å². The minimum Gasteiger partial charge on any atom is -0.135 e. The molecule has 2 heteroatoms. The van der Waals surface area contributed by atoms with Crippen LogP contribution in [0.4, 0.5) is 0 Å². The van der Waals surface area contributed by atoms with Gasteiger partial charge < -0.3 is 0 Å². The molecule has 0 radical (unpaired) electrons. The van der Waals surface area contributed by atoms with Crippen molar-refractivity contribution >= 4 is 57.8 Å². The van der Waals surface area contributed by atoms with Crippen molar-refractivity contribution in [2.75, 3.05) is 0 Å². The van der Waals surface area contributed by atoms with Gasteiger partial charge in [0.25, 0.3) is 0 Å². The largest absolute Gasteiger partial charge is 0.135 e. The maximum absolute atomic E-state index is 2.44. The third-order valence-corrected chi connectivity index (χ3v) is 16.0. The third kappa shape index (κ3) is 8.96. The molecule has 67 heavy (non-hydrogen) atoms. The fourth-order valence-electron chi connectivity index (χ4n) is 9.17. The summed E-state index contributed by atoms with van der Waals surface area (Å²) in [6.07, 6.45) is 6.03. The van der Waals surface area contributed by atoms with E-state index in [1.807, 2.05) is 29.5 Å². The van der Waals surface area contributed by atoms with Crippen molar-refractivity contribution in [3.63, 3.8) is 0 Å². The number of benzene rings is 9. The molecule has 2 aliphatic heterocycles. The SMILES string of the molecule is CCC.Cc1ccc(-c2cccc(-c3cccc(-c4ccccc4)c3)c2)cc1-c1ccc2c(sc3ccc(C4=CC=S5C(=C4)c4cc(-c6ccccc6)ccc45)cc32)c1C.Cc1ccccc1. The fraction of sp³-hybridized carbons (Fsp3) is 0.0923. The summed E-state index contributed by atoms with van der Waals surface area (Å²) in [4.78, 5) is 2.92. The Bertz CT molecular complexity index is 3510. The highest BCUT2D eigenvalue weighted by Gasteiger charge is 2.27. The molecule has 0 nitrogen and oxygen atoms in total. The standard InChI is InChI=1S/C55H38S2.C7H8.C3H8/c1-35-19-20-44(42-18-10-17-41(30-42)40-16-9-15-39(29-40)37-11-5-3-6-12-37)31-49(35)47-23-24-48-50-32-45(21-25-52(50)56-55(48)36(47)2)46-27-28-57-53-26-22-43(33-51(53)54(57)34-46)38-13-7-4-8-14-38;1-7-5-3-2-4-6-7;1-3-2/h3-34H,1-2H3;2-6H,1H3;3H2,1-2H3. The highest BCUT2D eigenvalue weighted by molar-refractivity contribution is 8.24. The molecule has 1 atom stereocenters. The number of aryl methyl sites for hydroxylation is 3. The van der Waals surface area contributed by atoms with Gasteiger partial charge in [-0.25, -0.2) is 0 Å². The van der Waals surface area contributed by atoms with Crippen LogP contribution in [0, 0.1) is 20.8 Å². The highest BCUT2D eigenvalue weighted by atomic mass is 32.2. The van der Waals surface area contributed by atoms with Crippen LogP contribution in [0.3, 0.4) is 0 Å². The highest BCUT2D eigenvalue weighted by Crippen LogP contribution is 2.57. The van der Waals surface area contributed by atoms with Crippen LogP contribution in [-0.4, -0.2) is 5.37 Å². The number of allylic oxidation sites excluding steroid dienone is 3. The second-order valence-corrected chi connectivity index (χ2v) is 20.4. The lowest BCUT2D eigenvalue weighted by Gasteiger charge is -2.31. The quantitative estimate of drug-likeness (QED) is 0.146. The molecule has 9 aromatic carbocycles. The molecule has 0 aliphatic carbocycles. The summed E-state index contributed by atoms with van der Waals surface area (Å²) in [5, 5.41) is 5.09. The summed E-state index contributed by atoms with van der Waals surface area (Å²) in [5.41, 5.74) is 20.5. The van der Waals surface area contributed by atoms with E-state index in [0.29, 0.717) is 0 Å². The van der Waals surface area contributed by atoms with Crippen LogP contribution in [0.1, 0.15) is 48.1 Å². The first kappa shape index (κ1) is 43.8. The van der Waals surface area contributed by atoms with E-state index >= 15 is 0 Å². The molecule has 10 aromatic rings. The molecular formula is C65H54S2. The first-order chi connectivity index (χ1) is 32.9. The normalized spacial score (nSPS) is 13.4. The Labute approximate surface area is 403 Å². The minimum atomic E-state index is 0.0737. The molecule has 0 fully saturated rings. The van der Waals surface area contributed by atoms with Gasteiger partial charge in [-0.1, -0.05) is 190 Å². The fourth-order valence-corrected chi connectivity index (χ4v) is 12.3. The van der Waals surface area contributed by atoms with E-state index in [2.05, 4.69) is 240 Å². The molecule has 0 spiro atoms. The predicted octanol–water partition coefficient (Wildman–Crippen LogP) is 19.3. The van der Waals surface area contributed by atoms with Crippen LogP contribution < -0.4 is 0 Å². The molecular weight excluding hydrogens is 845 g/mol. The zero-order valence-corrected chi connectivity index (χ0v) is 40.5. The topological polar surface area (TPSA) is 0 Å². The lowest BCUT2D eigenvalue weighted by atomic mass is 9.91. The molecule has 0 saturated heterocycles. The van der Waals surface area contributed by atoms with Crippen LogP contribution in [0.25, 0.3) is 86.3 Å². The van der Waals surface area contributed by atoms with E-state index in [4.69, 9.17) is 0 Å². The van der Waals surface area contributed by atoms with Gasteiger partial charge in [0.15, 0.2) is 0 Å². The van der Waals surface area contributed by atoms with Crippen molar-refractivity contribution in [1.29, 1.82) is 0 Å². The van der Waals surface area contributed by atoms with Crippen molar-refractivity contribution in [3.8, 4) is 55.6 Å². The molecule has 12 rings (SSSR count). The first-order valence-electron chi connectivity index (χ1n) is 23.4. The van der Waals surface area contributed by atoms with E-state index in [9.17, 15) is 0 Å². The maximum atomic E-state index is 2.44. The minimum absolute atomic E-state index is 0.0737.